The molecule has 0 saturated heterocycles. The summed E-state index contributed by atoms with van der Waals surface area (Å²) < 4.78 is 0. The van der Waals surface area contributed by atoms with Crippen molar-refractivity contribution < 1.29 is 4.79 Å². The number of thiocarbonyl (C=S) groups is 1. The van der Waals surface area contributed by atoms with Gasteiger partial charge in [0.15, 0.2) is 0 Å². The molecule has 0 spiro atoms. The van der Waals surface area contributed by atoms with E-state index in [4.69, 9.17) is 18.0 Å². The minimum atomic E-state index is -0.668. The summed E-state index contributed by atoms with van der Waals surface area (Å²) in [4.78, 5) is 14.2. The van der Waals surface area contributed by atoms with Crippen molar-refractivity contribution in [2.45, 2.75) is 33.1 Å². The van der Waals surface area contributed by atoms with Gasteiger partial charge in [0.2, 0.25) is 5.91 Å². The molecule has 1 fully saturated rings. The van der Waals surface area contributed by atoms with E-state index < -0.39 is 5.41 Å². The van der Waals surface area contributed by atoms with Crippen LogP contribution < -0.4 is 5.73 Å². The standard InChI is InChI=1S/C11H20N2OS/c1-4-11(2,9(12)15)10(14)13(3)7-8-5-6-8/h8H,4-7H2,1-3H3,(H2,12,15). The van der Waals surface area contributed by atoms with E-state index in [1.54, 1.807) is 4.90 Å². The summed E-state index contributed by atoms with van der Waals surface area (Å²) in [6.45, 7) is 4.63. The second-order valence-corrected chi connectivity index (χ2v) is 5.12. The highest BCUT2D eigenvalue weighted by Gasteiger charge is 2.38. The predicted octanol–water partition coefficient (Wildman–Crippen LogP) is 1.56. The molecule has 1 unspecified atom stereocenters. The number of amides is 1. The van der Waals surface area contributed by atoms with Crippen molar-refractivity contribution in [2.75, 3.05) is 13.6 Å². The third-order valence-corrected chi connectivity index (χ3v) is 3.75. The van der Waals surface area contributed by atoms with E-state index in [0.717, 1.165) is 6.54 Å². The second kappa shape index (κ2) is 4.47. The maximum atomic E-state index is 12.2. The topological polar surface area (TPSA) is 46.3 Å². The molecule has 3 nitrogen and oxygen atoms in total. The third-order valence-electron chi connectivity index (χ3n) is 3.30. The minimum absolute atomic E-state index is 0.0596. The highest BCUT2D eigenvalue weighted by Crippen LogP contribution is 2.31. The number of nitrogens with zero attached hydrogens (tertiary/aromatic N) is 1. The number of carbonyl (C=O) groups is 1. The van der Waals surface area contributed by atoms with Gasteiger partial charge in [-0.3, -0.25) is 4.79 Å². The molecule has 15 heavy (non-hydrogen) atoms. The van der Waals surface area contributed by atoms with Crippen LogP contribution in [0, 0.1) is 11.3 Å². The molecule has 0 aliphatic heterocycles. The normalized spacial score (nSPS) is 19.4. The Labute approximate surface area is 97.0 Å². The van der Waals surface area contributed by atoms with Crippen LogP contribution in [0.2, 0.25) is 0 Å². The Hall–Kier alpha value is -0.640. The zero-order valence-corrected chi connectivity index (χ0v) is 10.6. The van der Waals surface area contributed by atoms with E-state index in [9.17, 15) is 4.79 Å². The van der Waals surface area contributed by atoms with Crippen LogP contribution in [0.3, 0.4) is 0 Å². The summed E-state index contributed by atoms with van der Waals surface area (Å²) in [5.41, 5.74) is 4.98. The average Bonchev–Trinajstić information content (AvgIpc) is 2.98. The molecule has 2 N–H and O–H groups in total. The summed E-state index contributed by atoms with van der Waals surface area (Å²) in [5, 5.41) is 0. The molecule has 4 heteroatoms. The first kappa shape index (κ1) is 12.4. The van der Waals surface area contributed by atoms with Gasteiger partial charge in [-0.2, -0.15) is 0 Å². The van der Waals surface area contributed by atoms with Crippen molar-refractivity contribution in [3.63, 3.8) is 0 Å². The van der Waals surface area contributed by atoms with E-state index in [2.05, 4.69) is 0 Å². The van der Waals surface area contributed by atoms with Crippen LogP contribution in [0.25, 0.3) is 0 Å². The average molecular weight is 228 g/mol. The van der Waals surface area contributed by atoms with E-state index in [1.807, 2.05) is 20.9 Å². The molecule has 1 aliphatic rings. The maximum Gasteiger partial charge on any atom is 0.235 e. The minimum Gasteiger partial charge on any atom is -0.392 e. The van der Waals surface area contributed by atoms with Crippen molar-refractivity contribution in [1.29, 1.82) is 0 Å². The molecular weight excluding hydrogens is 208 g/mol. The summed E-state index contributed by atoms with van der Waals surface area (Å²) in [5.74, 6) is 0.760. The molecule has 0 aromatic heterocycles. The van der Waals surface area contributed by atoms with Crippen molar-refractivity contribution in [2.24, 2.45) is 17.1 Å². The van der Waals surface area contributed by atoms with E-state index in [0.29, 0.717) is 17.3 Å². The first-order chi connectivity index (χ1) is 6.91. The molecule has 0 aromatic rings. The van der Waals surface area contributed by atoms with Crippen molar-refractivity contribution in [1.82, 2.24) is 4.90 Å². The van der Waals surface area contributed by atoms with Gasteiger partial charge in [-0.05, 0) is 32.1 Å². The lowest BCUT2D eigenvalue weighted by Gasteiger charge is -2.30. The van der Waals surface area contributed by atoms with Gasteiger partial charge in [0.1, 0.15) is 0 Å². The maximum absolute atomic E-state index is 12.2. The Morgan fingerprint density at radius 3 is 2.47 bits per heavy atom. The van der Waals surface area contributed by atoms with Gasteiger partial charge in [0.05, 0.1) is 10.4 Å². The lowest BCUT2D eigenvalue weighted by atomic mass is 9.86. The Bertz CT molecular complexity index is 276. The zero-order chi connectivity index (χ0) is 11.6. The van der Waals surface area contributed by atoms with Gasteiger partial charge < -0.3 is 10.6 Å². The summed E-state index contributed by atoms with van der Waals surface area (Å²) in [6, 6.07) is 0. The first-order valence-corrected chi connectivity index (χ1v) is 5.88. The van der Waals surface area contributed by atoms with Crippen LogP contribution in [0.15, 0.2) is 0 Å². The molecule has 1 saturated carbocycles. The Morgan fingerprint density at radius 1 is 1.60 bits per heavy atom. The van der Waals surface area contributed by atoms with E-state index >= 15 is 0 Å². The number of hydrogen-bond donors (Lipinski definition) is 1. The van der Waals surface area contributed by atoms with Crippen molar-refractivity contribution >= 4 is 23.1 Å². The van der Waals surface area contributed by atoms with E-state index in [-0.39, 0.29) is 5.91 Å². The molecule has 1 atom stereocenters. The molecule has 0 aromatic carbocycles. The third kappa shape index (κ3) is 2.68. The molecule has 1 aliphatic carbocycles. The fraction of sp³-hybridized carbons (Fsp3) is 0.818. The monoisotopic (exact) mass is 228 g/mol. The zero-order valence-electron chi connectivity index (χ0n) is 9.75. The highest BCUT2D eigenvalue weighted by atomic mass is 32.1. The second-order valence-electron chi connectivity index (χ2n) is 4.68. The van der Waals surface area contributed by atoms with Crippen LogP contribution in [-0.4, -0.2) is 29.4 Å². The fourth-order valence-corrected chi connectivity index (χ4v) is 1.85. The number of hydrogen-bond acceptors (Lipinski definition) is 2. The Kier molecular flexibility index (Phi) is 3.71. The molecule has 86 valence electrons. The molecule has 0 bridgehead atoms. The summed E-state index contributed by atoms with van der Waals surface area (Å²) in [6.07, 6.45) is 3.15. The molecule has 1 rings (SSSR count). The van der Waals surface area contributed by atoms with Crippen LogP contribution in [-0.2, 0) is 4.79 Å². The van der Waals surface area contributed by atoms with Gasteiger partial charge in [0.25, 0.3) is 0 Å². The van der Waals surface area contributed by atoms with Crippen LogP contribution in [0.4, 0.5) is 0 Å². The SMILES string of the molecule is CCC(C)(C(=O)N(C)CC1CC1)C(N)=S. The van der Waals surface area contributed by atoms with Crippen molar-refractivity contribution in [3.05, 3.63) is 0 Å². The van der Waals surface area contributed by atoms with Gasteiger partial charge in [0, 0.05) is 13.6 Å². The van der Waals surface area contributed by atoms with E-state index in [1.165, 1.54) is 12.8 Å². The Balaban J connectivity index is 2.66. The molecular formula is C11H20N2OS. The molecule has 0 radical (unpaired) electrons. The fourth-order valence-electron chi connectivity index (χ4n) is 1.62. The van der Waals surface area contributed by atoms with Gasteiger partial charge in [-0.1, -0.05) is 19.1 Å². The first-order valence-electron chi connectivity index (χ1n) is 5.47. The van der Waals surface area contributed by atoms with Gasteiger partial charge in [-0.25, -0.2) is 0 Å². The lowest BCUT2D eigenvalue weighted by molar-refractivity contribution is -0.136. The lowest BCUT2D eigenvalue weighted by Crippen LogP contribution is -2.47. The van der Waals surface area contributed by atoms with Gasteiger partial charge in [-0.15, -0.1) is 0 Å². The van der Waals surface area contributed by atoms with Crippen LogP contribution in [0.1, 0.15) is 33.1 Å². The Morgan fingerprint density at radius 2 is 2.13 bits per heavy atom. The number of nitrogens with two attached hydrogens (primary N) is 1. The number of rotatable bonds is 5. The summed E-state index contributed by atoms with van der Waals surface area (Å²) >= 11 is 4.98. The quantitative estimate of drug-likeness (QED) is 0.726. The van der Waals surface area contributed by atoms with Crippen LogP contribution in [0.5, 0.6) is 0 Å². The van der Waals surface area contributed by atoms with Crippen molar-refractivity contribution in [3.8, 4) is 0 Å². The molecule has 0 heterocycles. The molecule has 1 amide bonds. The number of carbonyl (C=O) groups excluding carboxylic acids is 1. The smallest absolute Gasteiger partial charge is 0.235 e. The predicted molar refractivity (Wildman–Crippen MR) is 65.5 cm³/mol. The highest BCUT2D eigenvalue weighted by molar-refractivity contribution is 7.80. The van der Waals surface area contributed by atoms with Crippen LogP contribution >= 0.6 is 12.2 Å². The van der Waals surface area contributed by atoms with Gasteiger partial charge >= 0.3 is 0 Å². The summed E-state index contributed by atoms with van der Waals surface area (Å²) in [7, 11) is 1.84. The largest absolute Gasteiger partial charge is 0.392 e.